The van der Waals surface area contributed by atoms with E-state index in [1.165, 1.54) is 4.90 Å². The Bertz CT molecular complexity index is 901. The van der Waals surface area contributed by atoms with E-state index in [2.05, 4.69) is 21.2 Å². The number of halogens is 1. The van der Waals surface area contributed by atoms with E-state index in [4.69, 9.17) is 0 Å². The molecule has 3 amide bonds. The lowest BCUT2D eigenvalue weighted by Gasteiger charge is -2.21. The van der Waals surface area contributed by atoms with Crippen LogP contribution in [0.5, 0.6) is 0 Å². The number of hydrogen-bond donors (Lipinski definition) is 1. The van der Waals surface area contributed by atoms with Gasteiger partial charge in [-0.1, -0.05) is 34.1 Å². The van der Waals surface area contributed by atoms with Gasteiger partial charge in [0.25, 0.3) is 0 Å². The predicted octanol–water partition coefficient (Wildman–Crippen LogP) is 3.21. The van der Waals surface area contributed by atoms with Gasteiger partial charge in [0.1, 0.15) is 0 Å². The summed E-state index contributed by atoms with van der Waals surface area (Å²) in [6.07, 6.45) is 0.158. The lowest BCUT2D eigenvalue weighted by Crippen LogP contribution is -2.39. The second kappa shape index (κ2) is 8.56. The Morgan fingerprint density at radius 1 is 1.21 bits per heavy atom. The molecule has 0 aromatic heterocycles. The van der Waals surface area contributed by atoms with Gasteiger partial charge in [-0.05, 0) is 42.8 Å². The number of rotatable bonds is 5. The zero-order valence-electron chi connectivity index (χ0n) is 15.8. The van der Waals surface area contributed by atoms with Crippen LogP contribution in [0.25, 0.3) is 0 Å². The zero-order chi connectivity index (χ0) is 20.3. The van der Waals surface area contributed by atoms with Crippen LogP contribution in [0, 0.1) is 12.8 Å². The molecule has 7 heteroatoms. The standard InChI is InChI=1S/C21H22BrN3O3/c1-14-10-16(22)8-9-18(14)23-19(26)13-24(2)21(28)15-11-20(27)25(12-15)17-6-4-3-5-7-17/h3-10,15H,11-13H2,1-2H3,(H,23,26). The van der Waals surface area contributed by atoms with Gasteiger partial charge in [0.15, 0.2) is 0 Å². The molecule has 0 spiro atoms. The molecule has 0 radical (unpaired) electrons. The molecule has 2 aromatic rings. The predicted molar refractivity (Wildman–Crippen MR) is 112 cm³/mol. The van der Waals surface area contributed by atoms with E-state index in [9.17, 15) is 14.4 Å². The SMILES string of the molecule is Cc1cc(Br)ccc1NC(=O)CN(C)C(=O)C1CC(=O)N(c2ccccc2)C1. The van der Waals surface area contributed by atoms with E-state index in [1.807, 2.05) is 55.5 Å². The number of benzene rings is 2. The van der Waals surface area contributed by atoms with E-state index >= 15 is 0 Å². The van der Waals surface area contributed by atoms with Crippen molar-refractivity contribution in [1.82, 2.24) is 4.90 Å². The number of carbonyl (C=O) groups excluding carboxylic acids is 3. The van der Waals surface area contributed by atoms with Gasteiger partial charge in [-0.3, -0.25) is 14.4 Å². The molecule has 1 atom stereocenters. The molecule has 1 aliphatic heterocycles. The summed E-state index contributed by atoms with van der Waals surface area (Å²) in [5.74, 6) is -0.993. The first-order valence-electron chi connectivity index (χ1n) is 9.01. The molecule has 0 saturated carbocycles. The number of anilines is 2. The van der Waals surface area contributed by atoms with Crippen LogP contribution in [0.4, 0.5) is 11.4 Å². The quantitative estimate of drug-likeness (QED) is 0.770. The average molecular weight is 444 g/mol. The van der Waals surface area contributed by atoms with Crippen molar-refractivity contribution >= 4 is 45.0 Å². The molecule has 1 N–H and O–H groups in total. The Kier molecular flexibility index (Phi) is 6.14. The first-order chi connectivity index (χ1) is 13.3. The third-order valence-electron chi connectivity index (χ3n) is 4.76. The number of amides is 3. The van der Waals surface area contributed by atoms with Gasteiger partial charge < -0.3 is 15.1 Å². The van der Waals surface area contributed by atoms with E-state index in [1.54, 1.807) is 11.9 Å². The number of hydrogen-bond acceptors (Lipinski definition) is 3. The monoisotopic (exact) mass is 443 g/mol. The van der Waals surface area contributed by atoms with E-state index in [-0.39, 0.29) is 30.7 Å². The fraction of sp³-hybridized carbons (Fsp3) is 0.286. The van der Waals surface area contributed by atoms with Gasteiger partial charge in [0.2, 0.25) is 17.7 Å². The largest absolute Gasteiger partial charge is 0.336 e. The summed E-state index contributed by atoms with van der Waals surface area (Å²) in [4.78, 5) is 40.4. The number of nitrogens with zero attached hydrogens (tertiary/aromatic N) is 2. The molecular weight excluding hydrogens is 422 g/mol. The zero-order valence-corrected chi connectivity index (χ0v) is 17.4. The fourth-order valence-electron chi connectivity index (χ4n) is 3.29. The summed E-state index contributed by atoms with van der Waals surface area (Å²) >= 11 is 3.39. The molecule has 28 heavy (non-hydrogen) atoms. The molecule has 1 heterocycles. The minimum atomic E-state index is -0.445. The van der Waals surface area contributed by atoms with E-state index < -0.39 is 5.92 Å². The van der Waals surface area contributed by atoms with Crippen molar-refractivity contribution in [1.29, 1.82) is 0 Å². The van der Waals surface area contributed by atoms with Gasteiger partial charge in [-0.25, -0.2) is 0 Å². The number of aryl methyl sites for hydroxylation is 1. The molecule has 1 aliphatic rings. The summed E-state index contributed by atoms with van der Waals surface area (Å²) < 4.78 is 0.934. The van der Waals surface area contributed by atoms with Crippen LogP contribution in [0.2, 0.25) is 0 Å². The second-order valence-electron chi connectivity index (χ2n) is 6.94. The minimum absolute atomic E-state index is 0.0651. The van der Waals surface area contributed by atoms with Crippen LogP contribution < -0.4 is 10.2 Å². The molecule has 2 aromatic carbocycles. The smallest absolute Gasteiger partial charge is 0.243 e. The Labute approximate surface area is 172 Å². The maximum absolute atomic E-state index is 12.7. The second-order valence-corrected chi connectivity index (χ2v) is 7.86. The van der Waals surface area contributed by atoms with Crippen molar-refractivity contribution in [2.45, 2.75) is 13.3 Å². The Hall–Kier alpha value is -2.67. The minimum Gasteiger partial charge on any atom is -0.336 e. The molecule has 0 aliphatic carbocycles. The first kappa shape index (κ1) is 20.1. The number of carbonyl (C=O) groups is 3. The molecule has 3 rings (SSSR count). The maximum atomic E-state index is 12.7. The van der Waals surface area contributed by atoms with E-state index in [0.29, 0.717) is 12.2 Å². The average Bonchev–Trinajstić information content (AvgIpc) is 3.05. The number of para-hydroxylation sites is 1. The molecule has 1 fully saturated rings. The molecule has 1 unspecified atom stereocenters. The Balaban J connectivity index is 1.58. The number of likely N-dealkylation sites (N-methyl/N-ethyl adjacent to an activating group) is 1. The normalized spacial score (nSPS) is 16.2. The molecule has 6 nitrogen and oxygen atoms in total. The highest BCUT2D eigenvalue weighted by Gasteiger charge is 2.36. The van der Waals surface area contributed by atoms with Crippen molar-refractivity contribution < 1.29 is 14.4 Å². The van der Waals surface area contributed by atoms with Crippen molar-refractivity contribution in [3.05, 3.63) is 58.6 Å². The van der Waals surface area contributed by atoms with Crippen molar-refractivity contribution in [3.8, 4) is 0 Å². The van der Waals surface area contributed by atoms with E-state index in [0.717, 1.165) is 15.7 Å². The highest BCUT2D eigenvalue weighted by Crippen LogP contribution is 2.26. The summed E-state index contributed by atoms with van der Waals surface area (Å²) in [6.45, 7) is 2.17. The summed E-state index contributed by atoms with van der Waals surface area (Å²) in [5, 5.41) is 2.83. The molecule has 0 bridgehead atoms. The van der Waals surface area contributed by atoms with Gasteiger partial charge in [0.05, 0.1) is 12.5 Å². The first-order valence-corrected chi connectivity index (χ1v) is 9.81. The highest BCUT2D eigenvalue weighted by atomic mass is 79.9. The Morgan fingerprint density at radius 2 is 1.93 bits per heavy atom. The van der Waals surface area contributed by atoms with Crippen LogP contribution in [0.1, 0.15) is 12.0 Å². The molecule has 146 valence electrons. The van der Waals surface area contributed by atoms with Crippen molar-refractivity contribution in [2.75, 3.05) is 30.4 Å². The van der Waals surface area contributed by atoms with Crippen LogP contribution >= 0.6 is 15.9 Å². The van der Waals surface area contributed by atoms with Crippen LogP contribution in [-0.2, 0) is 14.4 Å². The fourth-order valence-corrected chi connectivity index (χ4v) is 3.77. The summed E-state index contributed by atoms with van der Waals surface area (Å²) in [5.41, 5.74) is 2.42. The van der Waals surface area contributed by atoms with Gasteiger partial charge in [0, 0.05) is 35.9 Å². The molecular formula is C21H22BrN3O3. The summed E-state index contributed by atoms with van der Waals surface area (Å²) in [7, 11) is 1.59. The maximum Gasteiger partial charge on any atom is 0.243 e. The van der Waals surface area contributed by atoms with Gasteiger partial charge in [-0.15, -0.1) is 0 Å². The third-order valence-corrected chi connectivity index (χ3v) is 5.25. The topological polar surface area (TPSA) is 69.7 Å². The lowest BCUT2D eigenvalue weighted by atomic mass is 10.1. The highest BCUT2D eigenvalue weighted by molar-refractivity contribution is 9.10. The van der Waals surface area contributed by atoms with Crippen molar-refractivity contribution in [3.63, 3.8) is 0 Å². The number of nitrogens with one attached hydrogen (secondary N) is 1. The van der Waals surface area contributed by atoms with Crippen LogP contribution in [-0.4, -0.2) is 42.8 Å². The van der Waals surface area contributed by atoms with Gasteiger partial charge in [-0.2, -0.15) is 0 Å². The lowest BCUT2D eigenvalue weighted by molar-refractivity contribution is -0.137. The van der Waals surface area contributed by atoms with Crippen LogP contribution in [0.15, 0.2) is 53.0 Å². The summed E-state index contributed by atoms with van der Waals surface area (Å²) in [6, 6.07) is 14.9. The van der Waals surface area contributed by atoms with Gasteiger partial charge >= 0.3 is 0 Å². The molecule has 1 saturated heterocycles. The van der Waals surface area contributed by atoms with Crippen LogP contribution in [0.3, 0.4) is 0 Å². The van der Waals surface area contributed by atoms with Crippen molar-refractivity contribution in [2.24, 2.45) is 5.92 Å². The third kappa shape index (κ3) is 4.59. The Morgan fingerprint density at radius 3 is 2.61 bits per heavy atom.